The third-order valence-corrected chi connectivity index (χ3v) is 12.0. The van der Waals surface area contributed by atoms with E-state index in [1.54, 1.807) is 74.5 Å². The number of nitrogens with one attached hydrogen (secondary N) is 8. The molecule has 0 bridgehead atoms. The van der Waals surface area contributed by atoms with E-state index in [-0.39, 0.29) is 25.2 Å². The molecule has 0 unspecified atom stereocenters. The van der Waals surface area contributed by atoms with Crippen LogP contribution in [0.3, 0.4) is 0 Å². The molecule has 2 aromatic rings. The Morgan fingerprint density at radius 2 is 0.895 bits per heavy atom. The molecule has 0 radical (unpaired) electrons. The summed E-state index contributed by atoms with van der Waals surface area (Å²) >= 11 is 0. The Labute approximate surface area is 442 Å². The van der Waals surface area contributed by atoms with Crippen LogP contribution in [0.15, 0.2) is 60.7 Å². The van der Waals surface area contributed by atoms with Crippen molar-refractivity contribution in [2.24, 2.45) is 29.2 Å². The summed E-state index contributed by atoms with van der Waals surface area (Å²) in [5.74, 6) is -12.7. The summed E-state index contributed by atoms with van der Waals surface area (Å²) in [6.45, 7) is 11.7. The Hall–Kier alpha value is -7.47. The second-order valence-corrected chi connectivity index (χ2v) is 19.8. The highest BCUT2D eigenvalue weighted by Crippen LogP contribution is 2.13. The molecule has 0 aromatic heterocycles. The zero-order valence-corrected chi connectivity index (χ0v) is 44.3. The van der Waals surface area contributed by atoms with Crippen LogP contribution in [0.2, 0.25) is 0 Å². The van der Waals surface area contributed by atoms with Gasteiger partial charge in [0.15, 0.2) is 0 Å². The average Bonchev–Trinajstić information content (AvgIpc) is 3.34. The standard InChI is InChI=1S/C52H78N10O14/c1-28(2)24-36(57-45(68)34(54)20-14-15-23-53)49(72)61-42(29(3)4)51(74)60-38(26-33-18-12-9-13-19-33)48(71)58-37(25-32-16-10-8-11-17-32)47(70)55-31(7)44(67)56-35(21-22-40(63)64)46(69)59-39(27-41(65)66)50(73)62-43(30(5)6)52(75)76/h8-13,16-19,28-31,34-39,42-43H,14-15,20-27,53-54H2,1-7H3,(H,55,70)(H,56,67)(H,57,68)(H,58,71)(H,59,69)(H,60,74)(H,61,72)(H,62,73)(H,63,64)(H,65,66)(H,75,76)/t31-,34-,35-,36-,37-,38-,39-,42-,43-/m0/s1. The van der Waals surface area contributed by atoms with Crippen molar-refractivity contribution in [2.45, 2.75) is 161 Å². The monoisotopic (exact) mass is 1070 g/mol. The van der Waals surface area contributed by atoms with Gasteiger partial charge in [-0.1, -0.05) is 109 Å². The van der Waals surface area contributed by atoms with E-state index >= 15 is 0 Å². The van der Waals surface area contributed by atoms with E-state index in [2.05, 4.69) is 42.5 Å². The third-order valence-electron chi connectivity index (χ3n) is 12.0. The normalized spacial score (nSPS) is 14.7. The van der Waals surface area contributed by atoms with E-state index in [0.717, 1.165) is 0 Å². The first-order valence-corrected chi connectivity index (χ1v) is 25.4. The van der Waals surface area contributed by atoms with E-state index < -0.39 is 151 Å². The van der Waals surface area contributed by atoms with Crippen molar-refractivity contribution in [2.75, 3.05) is 6.54 Å². The predicted molar refractivity (Wildman–Crippen MR) is 278 cm³/mol. The average molecular weight is 1070 g/mol. The molecule has 24 heteroatoms. The van der Waals surface area contributed by atoms with Crippen LogP contribution < -0.4 is 54.0 Å². The lowest BCUT2D eigenvalue weighted by Gasteiger charge is -2.29. The van der Waals surface area contributed by atoms with Gasteiger partial charge >= 0.3 is 17.9 Å². The Bertz CT molecular complexity index is 2280. The fraction of sp³-hybridized carbons (Fsp3) is 0.558. The summed E-state index contributed by atoms with van der Waals surface area (Å²) < 4.78 is 0. The van der Waals surface area contributed by atoms with Crippen LogP contribution in [0.4, 0.5) is 0 Å². The van der Waals surface area contributed by atoms with Gasteiger partial charge in [0.05, 0.1) is 12.5 Å². The number of carboxylic acids is 3. The Kier molecular flexibility index (Phi) is 27.9. The fourth-order valence-corrected chi connectivity index (χ4v) is 7.70. The number of carboxylic acid groups (broad SMARTS) is 3. The molecule has 2 aromatic carbocycles. The van der Waals surface area contributed by atoms with Crippen LogP contribution in [-0.2, 0) is 65.6 Å². The van der Waals surface area contributed by atoms with E-state index in [4.69, 9.17) is 11.5 Å². The number of carbonyl (C=O) groups excluding carboxylic acids is 8. The Morgan fingerprint density at radius 1 is 0.461 bits per heavy atom. The number of carbonyl (C=O) groups is 11. The minimum Gasteiger partial charge on any atom is -0.481 e. The Balaban J connectivity index is 2.44. The van der Waals surface area contributed by atoms with Crippen LogP contribution in [0.25, 0.3) is 0 Å². The zero-order chi connectivity index (χ0) is 57.2. The number of amides is 8. The first-order chi connectivity index (χ1) is 35.7. The number of nitrogens with two attached hydrogens (primary N) is 2. The molecule has 0 fully saturated rings. The highest BCUT2D eigenvalue weighted by atomic mass is 16.4. The molecule has 0 aliphatic heterocycles. The van der Waals surface area contributed by atoms with Crippen LogP contribution in [-0.4, -0.2) is 141 Å². The van der Waals surface area contributed by atoms with Crippen molar-refractivity contribution in [3.63, 3.8) is 0 Å². The first kappa shape index (κ1) is 64.6. The van der Waals surface area contributed by atoms with E-state index in [9.17, 15) is 68.1 Å². The molecule has 8 amide bonds. The molecule has 24 nitrogen and oxygen atoms in total. The lowest BCUT2D eigenvalue weighted by molar-refractivity contribution is -0.144. The smallest absolute Gasteiger partial charge is 0.326 e. The molecule has 0 aliphatic rings. The van der Waals surface area contributed by atoms with Gasteiger partial charge in [-0.05, 0) is 68.0 Å². The second kappa shape index (κ2) is 32.8. The quantitative estimate of drug-likeness (QED) is 0.0397. The van der Waals surface area contributed by atoms with Gasteiger partial charge in [-0.3, -0.25) is 47.9 Å². The van der Waals surface area contributed by atoms with Crippen molar-refractivity contribution in [1.29, 1.82) is 0 Å². The number of unbranched alkanes of at least 4 members (excludes halogenated alkanes) is 1. The first-order valence-electron chi connectivity index (χ1n) is 25.4. The molecule has 0 saturated carbocycles. The maximum atomic E-state index is 14.5. The number of hydrogen-bond donors (Lipinski definition) is 13. The van der Waals surface area contributed by atoms with Gasteiger partial charge in [-0.2, -0.15) is 0 Å². The molecular formula is C52H78N10O14. The van der Waals surface area contributed by atoms with Crippen molar-refractivity contribution in [1.82, 2.24) is 42.5 Å². The molecule has 9 atom stereocenters. The third kappa shape index (κ3) is 23.4. The van der Waals surface area contributed by atoms with Gasteiger partial charge in [0.1, 0.15) is 48.3 Å². The van der Waals surface area contributed by atoms with E-state index in [1.807, 2.05) is 13.8 Å². The summed E-state index contributed by atoms with van der Waals surface area (Å²) in [4.78, 5) is 145. The van der Waals surface area contributed by atoms with E-state index in [1.165, 1.54) is 20.8 Å². The van der Waals surface area contributed by atoms with Gasteiger partial charge in [-0.25, -0.2) is 4.79 Å². The minimum absolute atomic E-state index is 0.0567. The second-order valence-electron chi connectivity index (χ2n) is 19.8. The molecule has 15 N–H and O–H groups in total. The van der Waals surface area contributed by atoms with Crippen molar-refractivity contribution >= 4 is 65.2 Å². The van der Waals surface area contributed by atoms with Gasteiger partial charge in [-0.15, -0.1) is 0 Å². The van der Waals surface area contributed by atoms with Gasteiger partial charge in [0.25, 0.3) is 0 Å². The molecule has 0 heterocycles. The number of benzene rings is 2. The topological polar surface area (TPSA) is 397 Å². The summed E-state index contributed by atoms with van der Waals surface area (Å²) in [6.07, 6.45) is -0.659. The molecular weight excluding hydrogens is 989 g/mol. The van der Waals surface area contributed by atoms with Crippen LogP contribution >= 0.6 is 0 Å². The Morgan fingerprint density at radius 3 is 1.37 bits per heavy atom. The summed E-state index contributed by atoms with van der Waals surface area (Å²) in [5.41, 5.74) is 12.9. The van der Waals surface area contributed by atoms with Gasteiger partial charge in [0, 0.05) is 19.3 Å². The number of rotatable bonds is 34. The highest BCUT2D eigenvalue weighted by Gasteiger charge is 2.36. The van der Waals surface area contributed by atoms with Crippen molar-refractivity contribution in [3.8, 4) is 0 Å². The van der Waals surface area contributed by atoms with Crippen molar-refractivity contribution < 1.29 is 68.1 Å². The predicted octanol–water partition coefficient (Wildman–Crippen LogP) is -0.391. The number of aliphatic carboxylic acids is 3. The van der Waals surface area contributed by atoms with E-state index in [0.29, 0.717) is 36.9 Å². The highest BCUT2D eigenvalue weighted by molar-refractivity contribution is 5.98. The van der Waals surface area contributed by atoms with Crippen LogP contribution in [0.5, 0.6) is 0 Å². The lowest BCUT2D eigenvalue weighted by atomic mass is 9.98. The maximum absolute atomic E-state index is 14.5. The molecule has 0 aliphatic carbocycles. The fourth-order valence-electron chi connectivity index (χ4n) is 7.70. The van der Waals surface area contributed by atoms with Crippen molar-refractivity contribution in [3.05, 3.63) is 71.8 Å². The van der Waals surface area contributed by atoms with Gasteiger partial charge in [0.2, 0.25) is 47.3 Å². The molecule has 0 spiro atoms. The summed E-state index contributed by atoms with van der Waals surface area (Å²) in [5, 5.41) is 48.5. The molecule has 2 rings (SSSR count). The lowest BCUT2D eigenvalue weighted by Crippen LogP contribution is -2.61. The minimum atomic E-state index is -1.86. The largest absolute Gasteiger partial charge is 0.481 e. The SMILES string of the molecule is CC(C)C[C@H](NC(=O)[C@@H](N)CCCCN)C(=O)N[C@H](C(=O)N[C@@H](Cc1ccccc1)C(=O)N[C@@H](Cc1ccccc1)C(=O)N[C@@H](C)C(=O)N[C@@H](CCC(=O)O)C(=O)N[C@@H](CC(=O)O)C(=O)N[C@H](C(=O)O)C(C)C)C(C)C. The van der Waals surface area contributed by atoms with Gasteiger partial charge < -0.3 is 69.3 Å². The van der Waals surface area contributed by atoms with Crippen LogP contribution in [0, 0.1) is 17.8 Å². The van der Waals surface area contributed by atoms with Crippen LogP contribution in [0.1, 0.15) is 105 Å². The zero-order valence-electron chi connectivity index (χ0n) is 44.3. The summed E-state index contributed by atoms with van der Waals surface area (Å²) in [6, 6.07) is 4.61. The maximum Gasteiger partial charge on any atom is 0.326 e. The molecule has 420 valence electrons. The summed E-state index contributed by atoms with van der Waals surface area (Å²) in [7, 11) is 0. The molecule has 76 heavy (non-hydrogen) atoms. The number of hydrogen-bond acceptors (Lipinski definition) is 13. The molecule has 0 saturated heterocycles.